The van der Waals surface area contributed by atoms with E-state index in [0.717, 1.165) is 16.5 Å². The number of hydrogen-bond acceptors (Lipinski definition) is 3. The fourth-order valence-electron chi connectivity index (χ4n) is 2.93. The second kappa shape index (κ2) is 4.88. The maximum atomic E-state index is 12.8. The third-order valence-corrected chi connectivity index (χ3v) is 4.72. The van der Waals surface area contributed by atoms with E-state index in [1.165, 1.54) is 5.56 Å². The molecule has 2 aromatic carbocycles. The monoisotopic (exact) mass is 344 g/mol. The Morgan fingerprint density at radius 2 is 1.81 bits per heavy atom. The largest absolute Gasteiger partial charge is 0.486 e. The Balaban J connectivity index is 1.70. The molecule has 2 aromatic rings. The predicted octanol–water partition coefficient (Wildman–Crippen LogP) is 3.74. The van der Waals surface area contributed by atoms with Gasteiger partial charge in [0.15, 0.2) is 17.3 Å². The van der Waals surface area contributed by atoms with Crippen LogP contribution in [0.5, 0.6) is 11.5 Å². The summed E-state index contributed by atoms with van der Waals surface area (Å²) in [6.45, 7) is 1.07. The quantitative estimate of drug-likeness (QED) is 0.778. The molecule has 0 saturated carbocycles. The molecule has 106 valence electrons. The van der Waals surface area contributed by atoms with Gasteiger partial charge in [0, 0.05) is 10.0 Å². The molecule has 21 heavy (non-hydrogen) atoms. The molecular weight excluding hydrogens is 332 g/mol. The molecule has 4 heteroatoms. The highest BCUT2D eigenvalue weighted by molar-refractivity contribution is 9.10. The van der Waals surface area contributed by atoms with Gasteiger partial charge < -0.3 is 9.47 Å². The molecule has 3 nitrogen and oxygen atoms in total. The Hall–Kier alpha value is -1.81. The van der Waals surface area contributed by atoms with Crippen LogP contribution in [0.1, 0.15) is 27.4 Å². The van der Waals surface area contributed by atoms with Crippen molar-refractivity contribution >= 4 is 21.7 Å². The number of halogens is 1. The van der Waals surface area contributed by atoms with E-state index in [9.17, 15) is 4.79 Å². The van der Waals surface area contributed by atoms with E-state index in [1.54, 1.807) is 6.07 Å². The molecule has 1 aliphatic heterocycles. The normalized spacial score (nSPS) is 18.6. The van der Waals surface area contributed by atoms with Crippen molar-refractivity contribution in [2.24, 2.45) is 0 Å². The molecule has 0 saturated heterocycles. The van der Waals surface area contributed by atoms with Crippen LogP contribution in [0.2, 0.25) is 0 Å². The van der Waals surface area contributed by atoms with Gasteiger partial charge in [-0.25, -0.2) is 0 Å². The molecular formula is C17H13BrO3. The van der Waals surface area contributed by atoms with Crippen molar-refractivity contribution in [1.29, 1.82) is 0 Å². The zero-order chi connectivity index (χ0) is 14.4. The standard InChI is InChI=1S/C17H13BrO3/c18-14-9-16-15(20-5-6-21-16)8-13(14)17(19)12-7-10-3-1-2-4-11(10)12/h1-4,8-9,12H,5-7H2. The number of hydrogen-bond donors (Lipinski definition) is 0. The van der Waals surface area contributed by atoms with E-state index in [0.29, 0.717) is 30.3 Å². The highest BCUT2D eigenvalue weighted by Crippen LogP contribution is 2.41. The summed E-state index contributed by atoms with van der Waals surface area (Å²) in [6.07, 6.45) is 0.815. The highest BCUT2D eigenvalue weighted by atomic mass is 79.9. The SMILES string of the molecule is O=C(c1cc2c(cc1Br)OCCO2)C1Cc2ccccc21. The number of carbonyl (C=O) groups excluding carboxylic acids is 1. The molecule has 1 atom stereocenters. The second-order valence-electron chi connectivity index (χ2n) is 5.30. The molecule has 0 amide bonds. The number of fused-ring (bicyclic) bond motifs is 2. The molecule has 0 bridgehead atoms. The average Bonchev–Trinajstić information content (AvgIpc) is 2.47. The lowest BCUT2D eigenvalue weighted by Gasteiger charge is -2.29. The van der Waals surface area contributed by atoms with Gasteiger partial charge in [-0.3, -0.25) is 4.79 Å². The number of rotatable bonds is 2. The Kier molecular flexibility index (Phi) is 3.00. The van der Waals surface area contributed by atoms with Gasteiger partial charge in [0.1, 0.15) is 13.2 Å². The zero-order valence-electron chi connectivity index (χ0n) is 11.3. The van der Waals surface area contributed by atoms with E-state index in [2.05, 4.69) is 22.0 Å². The minimum absolute atomic E-state index is 0.0416. The first-order valence-electron chi connectivity index (χ1n) is 6.95. The predicted molar refractivity (Wildman–Crippen MR) is 82.3 cm³/mol. The van der Waals surface area contributed by atoms with Crippen LogP contribution in [0.15, 0.2) is 40.9 Å². The smallest absolute Gasteiger partial charge is 0.171 e. The minimum Gasteiger partial charge on any atom is -0.486 e. The number of Topliss-reactive ketones (excluding diaryl/α,β-unsaturated/α-hetero) is 1. The van der Waals surface area contributed by atoms with Gasteiger partial charge in [-0.15, -0.1) is 0 Å². The lowest BCUT2D eigenvalue weighted by molar-refractivity contribution is 0.0947. The van der Waals surface area contributed by atoms with Gasteiger partial charge in [0.05, 0.1) is 5.92 Å². The second-order valence-corrected chi connectivity index (χ2v) is 6.15. The average molecular weight is 345 g/mol. The maximum Gasteiger partial charge on any atom is 0.171 e. The van der Waals surface area contributed by atoms with Gasteiger partial charge in [0.25, 0.3) is 0 Å². The van der Waals surface area contributed by atoms with Crippen LogP contribution in [-0.4, -0.2) is 19.0 Å². The molecule has 0 aromatic heterocycles. The van der Waals surface area contributed by atoms with Gasteiger partial charge in [-0.05, 0) is 45.6 Å². The first kappa shape index (κ1) is 12.9. The van der Waals surface area contributed by atoms with Crippen molar-refractivity contribution in [3.05, 3.63) is 57.6 Å². The van der Waals surface area contributed by atoms with Gasteiger partial charge in [0.2, 0.25) is 0 Å². The third-order valence-electron chi connectivity index (χ3n) is 4.07. The molecule has 1 aliphatic carbocycles. The van der Waals surface area contributed by atoms with Crippen LogP contribution < -0.4 is 9.47 Å². The molecule has 1 heterocycles. The summed E-state index contributed by atoms with van der Waals surface area (Å²) in [5.74, 6) is 1.44. The van der Waals surface area contributed by atoms with Crippen LogP contribution >= 0.6 is 15.9 Å². The summed E-state index contributed by atoms with van der Waals surface area (Å²) < 4.78 is 11.9. The molecule has 0 N–H and O–H groups in total. The van der Waals surface area contributed by atoms with Gasteiger partial charge >= 0.3 is 0 Å². The van der Waals surface area contributed by atoms with Crippen molar-refractivity contribution in [1.82, 2.24) is 0 Å². The molecule has 4 rings (SSSR count). The summed E-state index contributed by atoms with van der Waals surface area (Å²) >= 11 is 3.48. The van der Waals surface area contributed by atoms with Gasteiger partial charge in [-0.2, -0.15) is 0 Å². The van der Waals surface area contributed by atoms with Crippen LogP contribution in [0.4, 0.5) is 0 Å². The summed E-state index contributed by atoms with van der Waals surface area (Å²) in [6, 6.07) is 11.7. The molecule has 2 aliphatic rings. The van der Waals surface area contributed by atoms with E-state index in [-0.39, 0.29) is 11.7 Å². The summed E-state index contributed by atoms with van der Waals surface area (Å²) in [5, 5.41) is 0. The van der Waals surface area contributed by atoms with Crippen LogP contribution in [0.3, 0.4) is 0 Å². The number of benzene rings is 2. The molecule has 0 spiro atoms. The van der Waals surface area contributed by atoms with Crippen molar-refractivity contribution < 1.29 is 14.3 Å². The number of ether oxygens (including phenoxy) is 2. The van der Waals surface area contributed by atoms with Crippen molar-refractivity contribution in [3.8, 4) is 11.5 Å². The fraction of sp³-hybridized carbons (Fsp3) is 0.235. The zero-order valence-corrected chi connectivity index (χ0v) is 12.9. The molecule has 0 radical (unpaired) electrons. The van der Waals surface area contributed by atoms with E-state index < -0.39 is 0 Å². The topological polar surface area (TPSA) is 35.5 Å². The van der Waals surface area contributed by atoms with Crippen LogP contribution in [0, 0.1) is 0 Å². The fourth-order valence-corrected chi connectivity index (χ4v) is 3.45. The number of carbonyl (C=O) groups is 1. The Bertz CT molecular complexity index is 739. The summed E-state index contributed by atoms with van der Waals surface area (Å²) in [7, 11) is 0. The van der Waals surface area contributed by atoms with E-state index in [4.69, 9.17) is 9.47 Å². The lowest BCUT2D eigenvalue weighted by Crippen LogP contribution is -2.25. The Morgan fingerprint density at radius 3 is 2.57 bits per heavy atom. The van der Waals surface area contributed by atoms with Gasteiger partial charge in [-0.1, -0.05) is 24.3 Å². The summed E-state index contributed by atoms with van der Waals surface area (Å²) in [4.78, 5) is 12.8. The summed E-state index contributed by atoms with van der Waals surface area (Å²) in [5.41, 5.74) is 3.08. The highest BCUT2D eigenvalue weighted by Gasteiger charge is 2.33. The molecule has 1 unspecified atom stereocenters. The minimum atomic E-state index is -0.0416. The van der Waals surface area contributed by atoms with Crippen molar-refractivity contribution in [2.45, 2.75) is 12.3 Å². The Morgan fingerprint density at radius 1 is 1.10 bits per heavy atom. The molecule has 0 fully saturated rings. The first-order valence-corrected chi connectivity index (χ1v) is 7.74. The Labute approximate surface area is 131 Å². The first-order chi connectivity index (χ1) is 10.2. The number of ketones is 1. The van der Waals surface area contributed by atoms with Crippen molar-refractivity contribution in [2.75, 3.05) is 13.2 Å². The van der Waals surface area contributed by atoms with Crippen LogP contribution in [-0.2, 0) is 6.42 Å². The lowest BCUT2D eigenvalue weighted by atomic mass is 9.74. The van der Waals surface area contributed by atoms with Crippen LogP contribution in [0.25, 0.3) is 0 Å². The van der Waals surface area contributed by atoms with E-state index in [1.807, 2.05) is 24.3 Å². The van der Waals surface area contributed by atoms with Crippen molar-refractivity contribution in [3.63, 3.8) is 0 Å². The maximum absolute atomic E-state index is 12.8. The third kappa shape index (κ3) is 2.05. The van der Waals surface area contributed by atoms with E-state index >= 15 is 0 Å².